The molecule has 1 fully saturated rings. The van der Waals surface area contributed by atoms with Gasteiger partial charge in [-0.2, -0.15) is 13.2 Å². The fraction of sp³-hybridized carbons (Fsp3) is 0.545. The molecule has 1 amide bonds. The summed E-state index contributed by atoms with van der Waals surface area (Å²) in [6.07, 6.45) is -3.35. The summed E-state index contributed by atoms with van der Waals surface area (Å²) < 4.78 is 38.1. The third-order valence-corrected chi connectivity index (χ3v) is 3.24. The Balaban J connectivity index is 2.37. The van der Waals surface area contributed by atoms with E-state index in [4.69, 9.17) is 11.6 Å². The molecule has 0 aromatic carbocycles. The van der Waals surface area contributed by atoms with Crippen molar-refractivity contribution in [1.82, 2.24) is 15.3 Å². The van der Waals surface area contributed by atoms with Gasteiger partial charge in [-0.1, -0.05) is 0 Å². The minimum Gasteiger partial charge on any atom is -0.357 e. The number of anilines is 1. The minimum atomic E-state index is -4.61. The van der Waals surface area contributed by atoms with E-state index in [9.17, 15) is 18.0 Å². The highest BCUT2D eigenvalue weighted by Gasteiger charge is 2.36. The number of carbonyl (C=O) groups excluding carboxylic acids is 1. The lowest BCUT2D eigenvalue weighted by Crippen LogP contribution is -2.42. The van der Waals surface area contributed by atoms with E-state index in [0.29, 0.717) is 19.4 Å². The van der Waals surface area contributed by atoms with Crippen molar-refractivity contribution in [3.8, 4) is 0 Å². The monoisotopic (exact) mass is 308 g/mol. The lowest BCUT2D eigenvalue weighted by molar-refractivity contribution is -0.141. The van der Waals surface area contributed by atoms with Crippen molar-refractivity contribution in [3.05, 3.63) is 17.0 Å². The SMILES string of the molecule is CNC(=O)C1CCCN1c1cc(C(F)(F)F)nc(Cl)n1. The van der Waals surface area contributed by atoms with Gasteiger partial charge in [0.25, 0.3) is 0 Å². The molecule has 0 bridgehead atoms. The number of likely N-dealkylation sites (N-methyl/N-ethyl adjacent to an activating group) is 1. The Morgan fingerprint density at radius 1 is 1.50 bits per heavy atom. The third-order valence-electron chi connectivity index (χ3n) is 3.07. The fourth-order valence-corrected chi connectivity index (χ4v) is 2.36. The first kappa shape index (κ1) is 14.8. The number of carbonyl (C=O) groups is 1. The van der Waals surface area contributed by atoms with Crippen molar-refractivity contribution < 1.29 is 18.0 Å². The average Bonchev–Trinajstić information content (AvgIpc) is 2.85. The molecule has 5 nitrogen and oxygen atoms in total. The van der Waals surface area contributed by atoms with Gasteiger partial charge in [-0.05, 0) is 24.4 Å². The number of amides is 1. The summed E-state index contributed by atoms with van der Waals surface area (Å²) >= 11 is 5.55. The summed E-state index contributed by atoms with van der Waals surface area (Å²) in [4.78, 5) is 20.2. The van der Waals surface area contributed by atoms with Crippen LogP contribution >= 0.6 is 11.6 Å². The van der Waals surface area contributed by atoms with E-state index in [1.165, 1.54) is 11.9 Å². The number of nitrogens with one attached hydrogen (secondary N) is 1. The molecule has 1 N–H and O–H groups in total. The van der Waals surface area contributed by atoms with Crippen LogP contribution in [-0.2, 0) is 11.0 Å². The minimum absolute atomic E-state index is 0.0171. The second-order valence-corrected chi connectivity index (χ2v) is 4.68. The van der Waals surface area contributed by atoms with Crippen LogP contribution in [0.2, 0.25) is 5.28 Å². The lowest BCUT2D eigenvalue weighted by Gasteiger charge is -2.24. The van der Waals surface area contributed by atoms with Crippen LogP contribution in [0.5, 0.6) is 0 Å². The second-order valence-electron chi connectivity index (χ2n) is 4.34. The Morgan fingerprint density at radius 3 is 2.80 bits per heavy atom. The lowest BCUT2D eigenvalue weighted by atomic mass is 10.2. The largest absolute Gasteiger partial charge is 0.433 e. The van der Waals surface area contributed by atoms with Crippen molar-refractivity contribution in [1.29, 1.82) is 0 Å². The highest BCUT2D eigenvalue weighted by Crippen LogP contribution is 2.32. The van der Waals surface area contributed by atoms with E-state index in [0.717, 1.165) is 6.07 Å². The first-order valence-electron chi connectivity index (χ1n) is 5.93. The highest BCUT2D eigenvalue weighted by atomic mass is 35.5. The van der Waals surface area contributed by atoms with E-state index in [2.05, 4.69) is 15.3 Å². The standard InChI is InChI=1S/C11H12ClF3N4O/c1-16-9(20)6-3-2-4-19(6)8-5-7(11(13,14)15)17-10(12)18-8/h5-6H,2-4H2,1H3,(H,16,20). The number of hydrogen-bond acceptors (Lipinski definition) is 4. The molecule has 1 unspecified atom stereocenters. The summed E-state index contributed by atoms with van der Waals surface area (Å²) in [5, 5.41) is 2.00. The number of aromatic nitrogens is 2. The Kier molecular flexibility index (Phi) is 4.03. The molecule has 0 radical (unpaired) electrons. The summed E-state index contributed by atoms with van der Waals surface area (Å²) in [5.41, 5.74) is -1.12. The highest BCUT2D eigenvalue weighted by molar-refractivity contribution is 6.28. The molecule has 1 aliphatic heterocycles. The molecule has 1 saturated heterocycles. The van der Waals surface area contributed by atoms with Gasteiger partial charge in [-0.3, -0.25) is 4.79 Å². The predicted octanol–water partition coefficient (Wildman–Crippen LogP) is 1.86. The first-order chi connectivity index (χ1) is 9.32. The number of halogens is 4. The molecule has 20 heavy (non-hydrogen) atoms. The van der Waals surface area contributed by atoms with E-state index in [1.807, 2.05) is 0 Å². The fourth-order valence-electron chi connectivity index (χ4n) is 2.18. The molecule has 1 aromatic rings. The molecule has 0 spiro atoms. The van der Waals surface area contributed by atoms with Crippen LogP contribution < -0.4 is 10.2 Å². The van der Waals surface area contributed by atoms with Gasteiger partial charge in [0.05, 0.1) is 0 Å². The zero-order chi connectivity index (χ0) is 14.9. The number of alkyl halides is 3. The van der Waals surface area contributed by atoms with Crippen LogP contribution in [-0.4, -0.2) is 35.5 Å². The van der Waals surface area contributed by atoms with Gasteiger partial charge >= 0.3 is 6.18 Å². The van der Waals surface area contributed by atoms with Gasteiger partial charge in [-0.15, -0.1) is 0 Å². The zero-order valence-corrected chi connectivity index (χ0v) is 11.3. The van der Waals surface area contributed by atoms with E-state index in [-0.39, 0.29) is 11.7 Å². The molecule has 2 rings (SSSR count). The predicted molar refractivity (Wildman–Crippen MR) is 66.5 cm³/mol. The molecular weight excluding hydrogens is 297 g/mol. The van der Waals surface area contributed by atoms with Crippen molar-refractivity contribution in [2.24, 2.45) is 0 Å². The number of rotatable bonds is 2. The maximum Gasteiger partial charge on any atom is 0.433 e. The maximum atomic E-state index is 12.7. The first-order valence-corrected chi connectivity index (χ1v) is 6.30. The van der Waals surface area contributed by atoms with Crippen LogP contribution in [0, 0.1) is 0 Å². The summed E-state index contributed by atoms with van der Waals surface area (Å²) in [7, 11) is 1.48. The molecule has 0 aliphatic carbocycles. The van der Waals surface area contributed by atoms with Gasteiger partial charge in [0.1, 0.15) is 11.9 Å². The molecule has 0 saturated carbocycles. The molecule has 9 heteroatoms. The molecule has 1 aromatic heterocycles. The quantitative estimate of drug-likeness (QED) is 0.847. The Hall–Kier alpha value is -1.57. The Morgan fingerprint density at radius 2 is 2.20 bits per heavy atom. The smallest absolute Gasteiger partial charge is 0.357 e. The van der Waals surface area contributed by atoms with Crippen molar-refractivity contribution >= 4 is 23.3 Å². The van der Waals surface area contributed by atoms with Crippen LogP contribution in [0.1, 0.15) is 18.5 Å². The van der Waals surface area contributed by atoms with Crippen LogP contribution in [0.25, 0.3) is 0 Å². The number of hydrogen-bond donors (Lipinski definition) is 1. The Bertz CT molecular complexity index is 523. The van der Waals surface area contributed by atoms with E-state index < -0.39 is 23.2 Å². The zero-order valence-electron chi connectivity index (χ0n) is 10.5. The molecule has 1 aliphatic rings. The molecule has 1 atom stereocenters. The topological polar surface area (TPSA) is 58.1 Å². The normalized spacial score (nSPS) is 19.2. The van der Waals surface area contributed by atoms with Crippen LogP contribution in [0.4, 0.5) is 19.0 Å². The second kappa shape index (κ2) is 5.43. The molecule has 2 heterocycles. The van der Waals surface area contributed by atoms with Gasteiger partial charge in [-0.25, -0.2) is 9.97 Å². The molecule has 110 valence electrons. The third kappa shape index (κ3) is 2.95. The maximum absolute atomic E-state index is 12.7. The van der Waals surface area contributed by atoms with Crippen molar-refractivity contribution in [3.63, 3.8) is 0 Å². The van der Waals surface area contributed by atoms with Crippen LogP contribution in [0.3, 0.4) is 0 Å². The summed E-state index contributed by atoms with van der Waals surface area (Å²) in [6.45, 7) is 0.447. The van der Waals surface area contributed by atoms with Crippen molar-refractivity contribution in [2.45, 2.75) is 25.1 Å². The van der Waals surface area contributed by atoms with E-state index >= 15 is 0 Å². The number of nitrogens with zero attached hydrogens (tertiary/aromatic N) is 3. The van der Waals surface area contributed by atoms with Gasteiger partial charge < -0.3 is 10.2 Å². The van der Waals surface area contributed by atoms with Gasteiger partial charge in [0.15, 0.2) is 5.69 Å². The summed E-state index contributed by atoms with van der Waals surface area (Å²) in [6, 6.07) is 0.278. The van der Waals surface area contributed by atoms with Gasteiger partial charge in [0, 0.05) is 19.7 Å². The molecular formula is C11H12ClF3N4O. The van der Waals surface area contributed by atoms with E-state index in [1.54, 1.807) is 0 Å². The van der Waals surface area contributed by atoms with Crippen LogP contribution in [0.15, 0.2) is 6.07 Å². The van der Waals surface area contributed by atoms with Crippen molar-refractivity contribution in [2.75, 3.05) is 18.5 Å². The summed E-state index contributed by atoms with van der Waals surface area (Å²) in [5.74, 6) is -0.241. The average molecular weight is 309 g/mol. The van der Waals surface area contributed by atoms with Gasteiger partial charge in [0.2, 0.25) is 11.2 Å². The Labute approximate surface area is 118 Å².